The van der Waals surface area contributed by atoms with E-state index in [-0.39, 0.29) is 18.9 Å². The topological polar surface area (TPSA) is 68.6 Å². The van der Waals surface area contributed by atoms with E-state index in [0.29, 0.717) is 13.1 Å². The zero-order valence-corrected chi connectivity index (χ0v) is 13.2. The Hall–Kier alpha value is -2.70. The molecule has 1 aromatic heterocycles. The third-order valence-electron chi connectivity index (χ3n) is 3.62. The van der Waals surface area contributed by atoms with Gasteiger partial charge in [-0.05, 0) is 24.6 Å². The maximum absolute atomic E-state index is 12.3. The molecule has 7 heteroatoms. The third kappa shape index (κ3) is 3.74. The largest absolute Gasteiger partial charge is 0.454 e. The molecule has 0 bridgehead atoms. The zero-order valence-electron chi connectivity index (χ0n) is 13.2. The van der Waals surface area contributed by atoms with Crippen LogP contribution in [0, 0.1) is 0 Å². The summed E-state index contributed by atoms with van der Waals surface area (Å²) in [4.78, 5) is 17.9. The van der Waals surface area contributed by atoms with Crippen molar-refractivity contribution in [3.05, 3.63) is 42.5 Å². The lowest BCUT2D eigenvalue weighted by Crippen LogP contribution is -2.43. The van der Waals surface area contributed by atoms with Crippen molar-refractivity contribution in [2.45, 2.75) is 26.1 Å². The van der Waals surface area contributed by atoms with Gasteiger partial charge in [0.2, 0.25) is 6.79 Å². The number of rotatable bonds is 5. The Balaban J connectivity index is 1.53. The number of hydrogen-bond donors (Lipinski definition) is 1. The van der Waals surface area contributed by atoms with Gasteiger partial charge in [-0.15, -0.1) is 0 Å². The van der Waals surface area contributed by atoms with Crippen LogP contribution in [-0.4, -0.2) is 40.4 Å². The van der Waals surface area contributed by atoms with Crippen LogP contribution < -0.4 is 14.8 Å². The maximum atomic E-state index is 12.3. The molecule has 2 amide bonds. The fourth-order valence-electron chi connectivity index (χ4n) is 2.46. The average Bonchev–Trinajstić information content (AvgIpc) is 3.17. The minimum absolute atomic E-state index is 0.0101. The van der Waals surface area contributed by atoms with E-state index in [9.17, 15) is 4.79 Å². The molecule has 0 aliphatic carbocycles. The number of fused-ring (bicyclic) bond motifs is 1. The van der Waals surface area contributed by atoms with Crippen LogP contribution in [0.3, 0.4) is 0 Å². The van der Waals surface area contributed by atoms with Gasteiger partial charge in [-0.25, -0.2) is 9.78 Å². The van der Waals surface area contributed by atoms with E-state index < -0.39 is 0 Å². The normalized spacial score (nSPS) is 13.7. The molecular weight excluding hydrogens is 296 g/mol. The Bertz CT molecular complexity index is 672. The molecule has 0 radical (unpaired) electrons. The number of amides is 2. The number of ether oxygens (including phenoxy) is 2. The van der Waals surface area contributed by atoms with Gasteiger partial charge in [-0.2, -0.15) is 0 Å². The van der Waals surface area contributed by atoms with E-state index in [1.807, 2.05) is 35.9 Å². The number of imidazole rings is 1. The molecular formula is C16H20N4O3. The molecule has 0 fully saturated rings. The summed E-state index contributed by atoms with van der Waals surface area (Å²) in [7, 11) is 1.77. The van der Waals surface area contributed by atoms with Gasteiger partial charge < -0.3 is 24.3 Å². The molecule has 1 atom stereocenters. The predicted octanol–water partition coefficient (Wildman–Crippen LogP) is 1.84. The van der Waals surface area contributed by atoms with E-state index in [0.717, 1.165) is 17.1 Å². The molecule has 1 unspecified atom stereocenters. The molecule has 2 heterocycles. The van der Waals surface area contributed by atoms with Crippen molar-refractivity contribution in [3.63, 3.8) is 0 Å². The first-order valence-corrected chi connectivity index (χ1v) is 7.47. The van der Waals surface area contributed by atoms with E-state index in [1.54, 1.807) is 24.5 Å². The molecule has 2 aromatic rings. The SMILES string of the molecule is CC(Cn1ccnc1)NC(=O)N(C)Cc1ccc2c(c1)OCO2. The highest BCUT2D eigenvalue weighted by Gasteiger charge is 2.16. The molecule has 0 saturated heterocycles. The minimum Gasteiger partial charge on any atom is -0.454 e. The van der Waals surface area contributed by atoms with Gasteiger partial charge in [0, 0.05) is 38.6 Å². The van der Waals surface area contributed by atoms with Crippen molar-refractivity contribution >= 4 is 6.03 Å². The predicted molar refractivity (Wildman–Crippen MR) is 84.3 cm³/mol. The number of hydrogen-bond acceptors (Lipinski definition) is 4. The lowest BCUT2D eigenvalue weighted by atomic mass is 10.2. The van der Waals surface area contributed by atoms with Crippen LogP contribution in [0.25, 0.3) is 0 Å². The van der Waals surface area contributed by atoms with Gasteiger partial charge in [0.05, 0.1) is 6.33 Å². The second-order valence-corrected chi connectivity index (χ2v) is 5.65. The molecule has 0 spiro atoms. The second-order valence-electron chi connectivity index (χ2n) is 5.65. The average molecular weight is 316 g/mol. The summed E-state index contributed by atoms with van der Waals surface area (Å²) in [5.74, 6) is 1.47. The van der Waals surface area contributed by atoms with E-state index in [2.05, 4.69) is 10.3 Å². The fraction of sp³-hybridized carbons (Fsp3) is 0.375. The number of aromatic nitrogens is 2. The van der Waals surface area contributed by atoms with Gasteiger partial charge in [-0.3, -0.25) is 0 Å². The zero-order chi connectivity index (χ0) is 16.2. The smallest absolute Gasteiger partial charge is 0.317 e. The van der Waals surface area contributed by atoms with Crippen molar-refractivity contribution in [3.8, 4) is 11.5 Å². The van der Waals surface area contributed by atoms with Crippen LogP contribution in [0.5, 0.6) is 11.5 Å². The van der Waals surface area contributed by atoms with Crippen LogP contribution in [0.1, 0.15) is 12.5 Å². The molecule has 1 aliphatic heterocycles. The van der Waals surface area contributed by atoms with Crippen molar-refractivity contribution in [1.82, 2.24) is 19.8 Å². The van der Waals surface area contributed by atoms with Gasteiger partial charge in [0.15, 0.2) is 11.5 Å². The molecule has 3 rings (SSSR count). The van der Waals surface area contributed by atoms with Gasteiger partial charge in [0.1, 0.15) is 0 Å². The van der Waals surface area contributed by atoms with Crippen molar-refractivity contribution in [2.75, 3.05) is 13.8 Å². The Morgan fingerprint density at radius 2 is 2.26 bits per heavy atom. The van der Waals surface area contributed by atoms with Gasteiger partial charge >= 0.3 is 6.03 Å². The Labute approximate surface area is 134 Å². The van der Waals surface area contributed by atoms with E-state index in [1.165, 1.54) is 0 Å². The number of nitrogens with one attached hydrogen (secondary N) is 1. The van der Waals surface area contributed by atoms with Crippen molar-refractivity contribution in [2.24, 2.45) is 0 Å². The molecule has 1 N–H and O–H groups in total. The number of benzene rings is 1. The number of nitrogens with zero attached hydrogens (tertiary/aromatic N) is 3. The number of carbonyl (C=O) groups is 1. The molecule has 122 valence electrons. The van der Waals surface area contributed by atoms with Gasteiger partial charge in [0.25, 0.3) is 0 Å². The van der Waals surface area contributed by atoms with Crippen LogP contribution >= 0.6 is 0 Å². The highest BCUT2D eigenvalue weighted by molar-refractivity contribution is 5.74. The molecule has 1 aromatic carbocycles. The fourth-order valence-corrected chi connectivity index (χ4v) is 2.46. The Morgan fingerprint density at radius 3 is 3.04 bits per heavy atom. The van der Waals surface area contributed by atoms with Crippen LogP contribution in [0.2, 0.25) is 0 Å². The van der Waals surface area contributed by atoms with E-state index in [4.69, 9.17) is 9.47 Å². The number of urea groups is 1. The van der Waals surface area contributed by atoms with Crippen molar-refractivity contribution < 1.29 is 14.3 Å². The highest BCUT2D eigenvalue weighted by Crippen LogP contribution is 2.32. The summed E-state index contributed by atoms with van der Waals surface area (Å²) in [6.45, 7) is 3.40. The molecule has 1 aliphatic rings. The quantitative estimate of drug-likeness (QED) is 0.914. The Kier molecular flexibility index (Phi) is 4.36. The first kappa shape index (κ1) is 15.2. The van der Waals surface area contributed by atoms with Crippen LogP contribution in [0.15, 0.2) is 36.9 Å². The minimum atomic E-state index is -0.115. The lowest BCUT2D eigenvalue weighted by Gasteiger charge is -2.21. The molecule has 7 nitrogen and oxygen atoms in total. The summed E-state index contributed by atoms with van der Waals surface area (Å²) in [6, 6.07) is 5.60. The molecule has 0 saturated carbocycles. The van der Waals surface area contributed by atoms with Crippen LogP contribution in [-0.2, 0) is 13.1 Å². The van der Waals surface area contributed by atoms with Crippen molar-refractivity contribution in [1.29, 1.82) is 0 Å². The monoisotopic (exact) mass is 316 g/mol. The van der Waals surface area contributed by atoms with Gasteiger partial charge in [-0.1, -0.05) is 6.07 Å². The maximum Gasteiger partial charge on any atom is 0.317 e. The Morgan fingerprint density at radius 1 is 1.43 bits per heavy atom. The summed E-state index contributed by atoms with van der Waals surface area (Å²) in [6.07, 6.45) is 5.33. The standard InChI is InChI=1S/C16H20N4O3/c1-12(8-20-6-5-17-10-20)18-16(21)19(2)9-13-3-4-14-15(7-13)23-11-22-14/h3-7,10,12H,8-9,11H2,1-2H3,(H,18,21). The summed E-state index contributed by atoms with van der Waals surface area (Å²) in [5, 5.41) is 2.97. The molecule has 23 heavy (non-hydrogen) atoms. The summed E-state index contributed by atoms with van der Waals surface area (Å²) < 4.78 is 12.6. The van der Waals surface area contributed by atoms with E-state index >= 15 is 0 Å². The lowest BCUT2D eigenvalue weighted by molar-refractivity contribution is 0.174. The first-order valence-electron chi connectivity index (χ1n) is 7.47. The third-order valence-corrected chi connectivity index (χ3v) is 3.62. The number of carbonyl (C=O) groups excluding carboxylic acids is 1. The second kappa shape index (κ2) is 6.60. The summed E-state index contributed by atoms with van der Waals surface area (Å²) >= 11 is 0. The summed E-state index contributed by atoms with van der Waals surface area (Å²) in [5.41, 5.74) is 0.995. The first-order chi connectivity index (χ1) is 11.1. The highest BCUT2D eigenvalue weighted by atomic mass is 16.7. The van der Waals surface area contributed by atoms with Crippen LogP contribution in [0.4, 0.5) is 4.79 Å².